The Kier molecular flexibility index (Phi) is 4.04. The van der Waals surface area contributed by atoms with E-state index >= 15 is 0 Å². The molecule has 0 unspecified atom stereocenters. The molecule has 0 bridgehead atoms. The topological polar surface area (TPSA) is 68.8 Å². The predicted octanol–water partition coefficient (Wildman–Crippen LogP) is 3.10. The summed E-state index contributed by atoms with van der Waals surface area (Å²) in [5.41, 5.74) is 3.73. The van der Waals surface area contributed by atoms with E-state index in [1.165, 1.54) is 0 Å². The van der Waals surface area contributed by atoms with E-state index in [4.69, 9.17) is 9.25 Å². The molecule has 6 nitrogen and oxygen atoms in total. The van der Waals surface area contributed by atoms with Crippen molar-refractivity contribution in [1.82, 2.24) is 14.9 Å². The van der Waals surface area contributed by atoms with Crippen molar-refractivity contribution in [3.8, 4) is 0 Å². The number of imidazole rings is 1. The molecule has 124 valence electrons. The molecule has 0 saturated heterocycles. The Bertz CT molecular complexity index is 834. The minimum atomic E-state index is -0.302. The van der Waals surface area contributed by atoms with Crippen LogP contribution in [0.3, 0.4) is 0 Å². The normalized spacial score (nSPS) is 14.2. The fourth-order valence-corrected chi connectivity index (χ4v) is 2.80. The zero-order valence-corrected chi connectivity index (χ0v) is 13.3. The molecule has 0 spiro atoms. The summed E-state index contributed by atoms with van der Waals surface area (Å²) in [5.74, 6) is 2.05. The molecule has 1 fully saturated rings. The Morgan fingerprint density at radius 3 is 3.04 bits per heavy atom. The van der Waals surface area contributed by atoms with Crippen molar-refractivity contribution >= 4 is 11.4 Å². The van der Waals surface area contributed by atoms with E-state index in [1.54, 1.807) is 6.26 Å². The Morgan fingerprint density at radius 2 is 2.25 bits per heavy atom. The monoisotopic (exact) mass is 325 g/mol. The molecule has 0 aliphatic heterocycles. The summed E-state index contributed by atoms with van der Waals surface area (Å²) in [6.45, 7) is 0.424. The van der Waals surface area contributed by atoms with Crippen LogP contribution in [-0.4, -0.2) is 21.9 Å². The van der Waals surface area contributed by atoms with Crippen LogP contribution in [0.15, 0.2) is 47.2 Å². The molecule has 6 heteroatoms. The third-order valence-electron chi connectivity index (χ3n) is 4.15. The zero-order valence-electron chi connectivity index (χ0n) is 13.3. The molecule has 1 aliphatic rings. The van der Waals surface area contributed by atoms with Gasteiger partial charge in [0.2, 0.25) is 0 Å². The zero-order chi connectivity index (χ0) is 16.4. The smallest absolute Gasteiger partial charge is 0.295 e. The van der Waals surface area contributed by atoms with E-state index in [1.807, 2.05) is 40.9 Å². The summed E-state index contributed by atoms with van der Waals surface area (Å²) >= 11 is 0. The molecule has 0 radical (unpaired) electrons. The van der Waals surface area contributed by atoms with Crippen LogP contribution in [0.4, 0.5) is 0 Å². The van der Waals surface area contributed by atoms with Crippen LogP contribution in [0.25, 0.3) is 5.52 Å². The lowest BCUT2D eigenvalue weighted by Crippen LogP contribution is -2.25. The van der Waals surface area contributed by atoms with Gasteiger partial charge in [-0.2, -0.15) is 0 Å². The first-order valence-electron chi connectivity index (χ1n) is 8.24. The minimum absolute atomic E-state index is 0.302. The highest BCUT2D eigenvalue weighted by Gasteiger charge is 2.30. The molecular weight excluding hydrogens is 306 g/mol. The molecule has 1 saturated carbocycles. The predicted molar refractivity (Wildman–Crippen MR) is 87.6 cm³/mol. The van der Waals surface area contributed by atoms with Crippen molar-refractivity contribution in [3.05, 3.63) is 60.1 Å². The number of hydroxylamine groups is 1. The van der Waals surface area contributed by atoms with Crippen LogP contribution < -0.4 is 5.48 Å². The number of aromatic nitrogens is 2. The lowest BCUT2D eigenvalue weighted by atomic mass is 10.3. The summed E-state index contributed by atoms with van der Waals surface area (Å²) in [5, 5.41) is 0. The summed E-state index contributed by atoms with van der Waals surface area (Å²) in [7, 11) is 0. The van der Waals surface area contributed by atoms with Crippen molar-refractivity contribution in [1.29, 1.82) is 0 Å². The summed E-state index contributed by atoms with van der Waals surface area (Å²) < 4.78 is 7.26. The average molecular weight is 325 g/mol. The van der Waals surface area contributed by atoms with Gasteiger partial charge in [0, 0.05) is 18.5 Å². The van der Waals surface area contributed by atoms with Gasteiger partial charge in [-0.3, -0.25) is 9.63 Å². The summed E-state index contributed by atoms with van der Waals surface area (Å²) in [4.78, 5) is 22.2. The molecule has 0 aromatic carbocycles. The van der Waals surface area contributed by atoms with E-state index in [9.17, 15) is 4.79 Å². The molecule has 1 N–H and O–H groups in total. The van der Waals surface area contributed by atoms with E-state index < -0.39 is 0 Å². The fraction of sp³-hybridized carbons (Fsp3) is 0.333. The SMILES string of the molecule is O=C(NOCCCc1ccco1)c1nc(C2CC2)n2ccccc12. The average Bonchev–Trinajstić information content (AvgIpc) is 3.18. The quantitative estimate of drug-likeness (QED) is 0.535. The van der Waals surface area contributed by atoms with Gasteiger partial charge in [0.1, 0.15) is 11.6 Å². The first-order chi connectivity index (χ1) is 11.8. The van der Waals surface area contributed by atoms with Crippen LogP contribution in [-0.2, 0) is 11.3 Å². The second-order valence-electron chi connectivity index (χ2n) is 6.01. The molecule has 3 heterocycles. The van der Waals surface area contributed by atoms with Crippen molar-refractivity contribution in [2.45, 2.75) is 31.6 Å². The van der Waals surface area contributed by atoms with Gasteiger partial charge >= 0.3 is 0 Å². The molecular formula is C18H19N3O3. The van der Waals surface area contributed by atoms with Crippen LogP contribution in [0.2, 0.25) is 0 Å². The molecule has 3 aromatic heterocycles. The van der Waals surface area contributed by atoms with Crippen LogP contribution >= 0.6 is 0 Å². The number of amides is 1. The van der Waals surface area contributed by atoms with Gasteiger partial charge in [-0.25, -0.2) is 10.5 Å². The van der Waals surface area contributed by atoms with Gasteiger partial charge in [0.05, 0.1) is 18.4 Å². The molecule has 0 atom stereocenters. The second-order valence-corrected chi connectivity index (χ2v) is 6.01. The molecule has 24 heavy (non-hydrogen) atoms. The number of hydrogen-bond donors (Lipinski definition) is 1. The minimum Gasteiger partial charge on any atom is -0.469 e. The Morgan fingerprint density at radius 1 is 1.33 bits per heavy atom. The fourth-order valence-electron chi connectivity index (χ4n) is 2.80. The summed E-state index contributed by atoms with van der Waals surface area (Å²) in [6, 6.07) is 9.56. The Balaban J connectivity index is 1.37. The van der Waals surface area contributed by atoms with Gasteiger partial charge in [-0.05, 0) is 43.5 Å². The number of rotatable bonds is 7. The number of carbonyl (C=O) groups excluding carboxylic acids is 1. The molecule has 1 aliphatic carbocycles. The van der Waals surface area contributed by atoms with Crippen LogP contribution in [0.1, 0.15) is 47.3 Å². The highest BCUT2D eigenvalue weighted by atomic mass is 16.6. The third kappa shape index (κ3) is 3.05. The first kappa shape index (κ1) is 15.0. The van der Waals surface area contributed by atoms with Crippen LogP contribution in [0.5, 0.6) is 0 Å². The Hall–Kier alpha value is -2.60. The van der Waals surface area contributed by atoms with E-state index in [0.717, 1.165) is 42.8 Å². The lowest BCUT2D eigenvalue weighted by Gasteiger charge is -2.04. The van der Waals surface area contributed by atoms with Crippen molar-refractivity contribution in [2.75, 3.05) is 6.61 Å². The van der Waals surface area contributed by atoms with E-state index in [0.29, 0.717) is 18.2 Å². The second kappa shape index (κ2) is 6.49. The van der Waals surface area contributed by atoms with Crippen molar-refractivity contribution < 1.29 is 14.0 Å². The summed E-state index contributed by atoms with van der Waals surface area (Å²) in [6.07, 6.45) is 7.43. The first-order valence-corrected chi connectivity index (χ1v) is 8.24. The van der Waals surface area contributed by atoms with Crippen molar-refractivity contribution in [2.24, 2.45) is 0 Å². The number of nitrogens with one attached hydrogen (secondary N) is 1. The number of furan rings is 1. The number of fused-ring (bicyclic) bond motifs is 1. The van der Waals surface area contributed by atoms with Gasteiger partial charge in [-0.15, -0.1) is 0 Å². The maximum atomic E-state index is 12.4. The lowest BCUT2D eigenvalue weighted by molar-refractivity contribution is 0.0299. The largest absolute Gasteiger partial charge is 0.469 e. The van der Waals surface area contributed by atoms with E-state index in [-0.39, 0.29) is 5.91 Å². The van der Waals surface area contributed by atoms with Crippen LogP contribution in [0, 0.1) is 0 Å². The van der Waals surface area contributed by atoms with Gasteiger partial charge in [0.25, 0.3) is 5.91 Å². The standard InChI is InChI=1S/C18H19N3O3/c22-18(20-24-12-4-6-14-5-3-11-23-14)16-15-7-1-2-10-21(15)17(19-16)13-8-9-13/h1-3,5,7,10-11,13H,4,6,8-9,12H2,(H,20,22). The number of carbonyl (C=O) groups is 1. The Labute approximate surface area is 139 Å². The molecule has 4 rings (SSSR count). The highest BCUT2D eigenvalue weighted by Crippen LogP contribution is 2.39. The van der Waals surface area contributed by atoms with E-state index in [2.05, 4.69) is 10.5 Å². The van der Waals surface area contributed by atoms with Gasteiger partial charge < -0.3 is 8.82 Å². The van der Waals surface area contributed by atoms with Gasteiger partial charge in [0.15, 0.2) is 5.69 Å². The van der Waals surface area contributed by atoms with Crippen molar-refractivity contribution in [3.63, 3.8) is 0 Å². The maximum Gasteiger partial charge on any atom is 0.295 e. The molecule has 1 amide bonds. The third-order valence-corrected chi connectivity index (χ3v) is 4.15. The number of pyridine rings is 1. The maximum absolute atomic E-state index is 12.4. The number of aryl methyl sites for hydroxylation is 1. The molecule has 3 aromatic rings. The number of nitrogens with zero attached hydrogens (tertiary/aromatic N) is 2. The number of hydrogen-bond acceptors (Lipinski definition) is 4. The van der Waals surface area contributed by atoms with Gasteiger partial charge in [-0.1, -0.05) is 6.07 Å². The highest BCUT2D eigenvalue weighted by molar-refractivity contribution is 5.98.